The van der Waals surface area contributed by atoms with Crippen LogP contribution in [0.5, 0.6) is 0 Å². The number of hydrogen-bond acceptors (Lipinski definition) is 1. The van der Waals surface area contributed by atoms with Crippen molar-refractivity contribution in [1.29, 1.82) is 0 Å². The van der Waals surface area contributed by atoms with Crippen LogP contribution in [0.1, 0.15) is 19.4 Å². The van der Waals surface area contributed by atoms with E-state index in [1.165, 1.54) is 0 Å². The lowest BCUT2D eigenvalue weighted by atomic mass is 10.2. The highest BCUT2D eigenvalue weighted by molar-refractivity contribution is 6.30. The first-order valence-corrected chi connectivity index (χ1v) is 4.70. The Morgan fingerprint density at radius 1 is 1.54 bits per heavy atom. The molecule has 0 heterocycles. The molecule has 2 heteroatoms. The minimum absolute atomic E-state index is 0.673. The van der Waals surface area contributed by atoms with Gasteiger partial charge < -0.3 is 4.74 Å². The van der Waals surface area contributed by atoms with Crippen LogP contribution < -0.4 is 0 Å². The fourth-order valence-corrected chi connectivity index (χ4v) is 1.32. The van der Waals surface area contributed by atoms with Crippen molar-refractivity contribution in [3.05, 3.63) is 40.9 Å². The summed E-state index contributed by atoms with van der Waals surface area (Å²) in [7, 11) is 0. The lowest BCUT2D eigenvalue weighted by Gasteiger charge is -2.07. The Morgan fingerprint density at radius 2 is 2.31 bits per heavy atom. The van der Waals surface area contributed by atoms with Crippen LogP contribution in [0.15, 0.2) is 30.3 Å². The second-order valence-corrected chi connectivity index (χ2v) is 3.03. The van der Waals surface area contributed by atoms with Gasteiger partial charge in [-0.05, 0) is 32.1 Å². The van der Waals surface area contributed by atoms with Crippen LogP contribution in [-0.4, -0.2) is 6.61 Å². The summed E-state index contributed by atoms with van der Waals surface area (Å²) in [4.78, 5) is 0. The van der Waals surface area contributed by atoms with Crippen molar-refractivity contribution in [3.63, 3.8) is 0 Å². The van der Waals surface area contributed by atoms with Gasteiger partial charge in [-0.15, -0.1) is 0 Å². The first-order valence-electron chi connectivity index (χ1n) is 4.33. The molecule has 0 radical (unpaired) electrons. The number of halogens is 1. The normalized spacial score (nSPS) is 11.5. The molecule has 0 saturated heterocycles. The lowest BCUT2D eigenvalue weighted by Crippen LogP contribution is -1.90. The van der Waals surface area contributed by atoms with E-state index >= 15 is 0 Å². The summed E-state index contributed by atoms with van der Waals surface area (Å²) < 4.78 is 5.43. The SMILES string of the molecule is CC=C(OCC)c1cccc(Cl)c1. The molecule has 0 atom stereocenters. The second-order valence-electron chi connectivity index (χ2n) is 2.60. The molecule has 0 aliphatic carbocycles. The third-order valence-electron chi connectivity index (χ3n) is 1.67. The van der Waals surface area contributed by atoms with E-state index in [1.54, 1.807) is 0 Å². The maximum Gasteiger partial charge on any atom is 0.122 e. The second kappa shape index (κ2) is 4.93. The third-order valence-corrected chi connectivity index (χ3v) is 1.91. The predicted molar refractivity (Wildman–Crippen MR) is 56.7 cm³/mol. The van der Waals surface area contributed by atoms with Crippen LogP contribution in [0.25, 0.3) is 5.76 Å². The molecule has 1 rings (SSSR count). The predicted octanol–water partition coefficient (Wildman–Crippen LogP) is 3.74. The molecule has 0 bridgehead atoms. The quantitative estimate of drug-likeness (QED) is 0.670. The number of allylic oxidation sites excluding steroid dienone is 1. The Morgan fingerprint density at radius 3 is 2.85 bits per heavy atom. The van der Waals surface area contributed by atoms with Gasteiger partial charge in [-0.3, -0.25) is 0 Å². The summed E-state index contributed by atoms with van der Waals surface area (Å²) >= 11 is 5.86. The number of hydrogen-bond donors (Lipinski definition) is 0. The van der Waals surface area contributed by atoms with Gasteiger partial charge in [0.1, 0.15) is 5.76 Å². The molecule has 1 aromatic carbocycles. The zero-order valence-electron chi connectivity index (χ0n) is 7.88. The van der Waals surface area contributed by atoms with Crippen molar-refractivity contribution in [2.45, 2.75) is 13.8 Å². The minimum atomic E-state index is 0.673. The van der Waals surface area contributed by atoms with E-state index in [0.717, 1.165) is 16.3 Å². The maximum absolute atomic E-state index is 5.86. The highest BCUT2D eigenvalue weighted by Crippen LogP contribution is 2.19. The van der Waals surface area contributed by atoms with Crippen LogP contribution >= 0.6 is 11.6 Å². The summed E-state index contributed by atoms with van der Waals surface area (Å²) in [6, 6.07) is 7.65. The molecule has 13 heavy (non-hydrogen) atoms. The molecule has 0 fully saturated rings. The van der Waals surface area contributed by atoms with Crippen molar-refractivity contribution >= 4 is 17.4 Å². The van der Waals surface area contributed by atoms with E-state index in [2.05, 4.69) is 0 Å². The molecule has 0 aromatic heterocycles. The number of rotatable bonds is 3. The molecular weight excluding hydrogens is 184 g/mol. The molecule has 1 aromatic rings. The minimum Gasteiger partial charge on any atom is -0.494 e. The van der Waals surface area contributed by atoms with Gasteiger partial charge in [-0.25, -0.2) is 0 Å². The summed E-state index contributed by atoms with van der Waals surface area (Å²) in [6.07, 6.45) is 1.94. The van der Waals surface area contributed by atoms with E-state index in [9.17, 15) is 0 Å². The Balaban J connectivity index is 2.92. The van der Waals surface area contributed by atoms with Gasteiger partial charge in [-0.2, -0.15) is 0 Å². The van der Waals surface area contributed by atoms with E-state index in [4.69, 9.17) is 16.3 Å². The molecule has 70 valence electrons. The summed E-state index contributed by atoms with van der Waals surface area (Å²) in [5.41, 5.74) is 1.02. The average Bonchev–Trinajstić information content (AvgIpc) is 2.14. The molecule has 0 N–H and O–H groups in total. The van der Waals surface area contributed by atoms with Crippen molar-refractivity contribution in [2.24, 2.45) is 0 Å². The Labute approximate surface area is 84.0 Å². The smallest absolute Gasteiger partial charge is 0.122 e. The Kier molecular flexibility index (Phi) is 3.84. The van der Waals surface area contributed by atoms with E-state index in [0.29, 0.717) is 6.61 Å². The zero-order chi connectivity index (χ0) is 9.68. The summed E-state index contributed by atoms with van der Waals surface area (Å²) in [6.45, 7) is 4.59. The van der Waals surface area contributed by atoms with Gasteiger partial charge in [-0.1, -0.05) is 23.7 Å². The molecule has 0 aliphatic rings. The van der Waals surface area contributed by atoms with E-state index < -0.39 is 0 Å². The number of benzene rings is 1. The van der Waals surface area contributed by atoms with E-state index in [1.807, 2.05) is 44.2 Å². The molecule has 1 nitrogen and oxygen atoms in total. The van der Waals surface area contributed by atoms with E-state index in [-0.39, 0.29) is 0 Å². The maximum atomic E-state index is 5.86. The Hall–Kier alpha value is -0.950. The Bertz CT molecular complexity index is 305. The molecule has 0 aliphatic heterocycles. The standard InChI is InChI=1S/C11H13ClO/c1-3-11(13-4-2)9-6-5-7-10(12)8-9/h3,5-8H,4H2,1-2H3. The highest BCUT2D eigenvalue weighted by Gasteiger charge is 2.00. The van der Waals surface area contributed by atoms with Gasteiger partial charge in [0.2, 0.25) is 0 Å². The van der Waals surface area contributed by atoms with Crippen LogP contribution in [0.3, 0.4) is 0 Å². The van der Waals surface area contributed by atoms with Crippen molar-refractivity contribution < 1.29 is 4.74 Å². The monoisotopic (exact) mass is 196 g/mol. The van der Waals surface area contributed by atoms with Crippen molar-refractivity contribution in [2.75, 3.05) is 6.61 Å². The van der Waals surface area contributed by atoms with Gasteiger partial charge in [0.25, 0.3) is 0 Å². The lowest BCUT2D eigenvalue weighted by molar-refractivity contribution is 0.297. The van der Waals surface area contributed by atoms with Crippen LogP contribution in [-0.2, 0) is 4.74 Å². The van der Waals surface area contributed by atoms with Crippen molar-refractivity contribution in [1.82, 2.24) is 0 Å². The van der Waals surface area contributed by atoms with Gasteiger partial charge >= 0.3 is 0 Å². The number of ether oxygens (including phenoxy) is 1. The summed E-state index contributed by atoms with van der Waals surface area (Å²) in [5, 5.41) is 0.733. The van der Waals surface area contributed by atoms with Gasteiger partial charge in [0.05, 0.1) is 6.61 Å². The van der Waals surface area contributed by atoms with Gasteiger partial charge in [0.15, 0.2) is 0 Å². The molecule has 0 spiro atoms. The van der Waals surface area contributed by atoms with Gasteiger partial charge in [0, 0.05) is 10.6 Å². The van der Waals surface area contributed by atoms with Crippen molar-refractivity contribution in [3.8, 4) is 0 Å². The first-order chi connectivity index (χ1) is 6.27. The molecule has 0 unspecified atom stereocenters. The molecule has 0 amide bonds. The first kappa shape index (κ1) is 10.1. The average molecular weight is 197 g/mol. The van der Waals surface area contributed by atoms with Crippen LogP contribution in [0, 0.1) is 0 Å². The largest absolute Gasteiger partial charge is 0.494 e. The summed E-state index contributed by atoms with van der Waals surface area (Å²) in [5.74, 6) is 0.880. The topological polar surface area (TPSA) is 9.23 Å². The third kappa shape index (κ3) is 2.78. The fraction of sp³-hybridized carbons (Fsp3) is 0.273. The highest BCUT2D eigenvalue weighted by atomic mass is 35.5. The molecular formula is C11H13ClO. The van der Waals surface area contributed by atoms with Crippen LogP contribution in [0.4, 0.5) is 0 Å². The fourth-order valence-electron chi connectivity index (χ4n) is 1.13. The zero-order valence-corrected chi connectivity index (χ0v) is 8.64. The van der Waals surface area contributed by atoms with Crippen LogP contribution in [0.2, 0.25) is 5.02 Å². The molecule has 0 saturated carbocycles.